The smallest absolute Gasteiger partial charge is 0.258 e. The Balaban J connectivity index is 1.80. The molecule has 0 fully saturated rings. The second kappa shape index (κ2) is 7.61. The highest BCUT2D eigenvalue weighted by Crippen LogP contribution is 2.18. The molecule has 2 aromatic carbocycles. The van der Waals surface area contributed by atoms with Crippen molar-refractivity contribution in [2.24, 2.45) is 5.73 Å². The Kier molecular flexibility index (Phi) is 5.55. The first kappa shape index (κ1) is 16.0. The average molecular weight is 298 g/mol. The molecule has 0 saturated heterocycles. The summed E-state index contributed by atoms with van der Waals surface area (Å²) in [5, 5.41) is 2.80. The van der Waals surface area contributed by atoms with E-state index in [-0.39, 0.29) is 18.6 Å². The van der Waals surface area contributed by atoms with Gasteiger partial charge in [0.15, 0.2) is 6.61 Å². The Hall–Kier alpha value is -2.33. The Labute approximate surface area is 131 Å². The molecule has 0 radical (unpaired) electrons. The molecule has 1 unspecified atom stereocenters. The first-order valence-electron chi connectivity index (χ1n) is 7.33. The molecular weight excluding hydrogens is 276 g/mol. The van der Waals surface area contributed by atoms with Crippen LogP contribution in [0.4, 0.5) is 0 Å². The lowest BCUT2D eigenvalue weighted by atomic mass is 10.1. The zero-order valence-corrected chi connectivity index (χ0v) is 13.0. The van der Waals surface area contributed by atoms with Crippen LogP contribution in [0.25, 0.3) is 0 Å². The van der Waals surface area contributed by atoms with Gasteiger partial charge in [-0.05, 0) is 36.6 Å². The number of amides is 1. The largest absolute Gasteiger partial charge is 0.483 e. The number of benzene rings is 2. The van der Waals surface area contributed by atoms with Gasteiger partial charge in [-0.15, -0.1) is 0 Å². The van der Waals surface area contributed by atoms with Crippen molar-refractivity contribution in [1.82, 2.24) is 5.32 Å². The van der Waals surface area contributed by atoms with Crippen molar-refractivity contribution in [2.45, 2.75) is 19.9 Å². The van der Waals surface area contributed by atoms with Crippen LogP contribution in [0, 0.1) is 13.8 Å². The van der Waals surface area contributed by atoms with Gasteiger partial charge in [0.25, 0.3) is 5.91 Å². The van der Waals surface area contributed by atoms with Gasteiger partial charge in [-0.3, -0.25) is 4.79 Å². The minimum Gasteiger partial charge on any atom is -0.483 e. The summed E-state index contributed by atoms with van der Waals surface area (Å²) >= 11 is 0. The summed E-state index contributed by atoms with van der Waals surface area (Å²) in [6, 6.07) is 15.4. The monoisotopic (exact) mass is 298 g/mol. The summed E-state index contributed by atoms with van der Waals surface area (Å²) in [6.07, 6.45) is 0. The van der Waals surface area contributed by atoms with Gasteiger partial charge in [0.05, 0.1) is 0 Å². The molecule has 0 aliphatic heterocycles. The molecule has 2 aromatic rings. The maximum Gasteiger partial charge on any atom is 0.258 e. The number of hydrogen-bond donors (Lipinski definition) is 2. The third-order valence-electron chi connectivity index (χ3n) is 3.45. The van der Waals surface area contributed by atoms with Crippen molar-refractivity contribution in [1.29, 1.82) is 0 Å². The first-order valence-corrected chi connectivity index (χ1v) is 7.33. The second-order valence-electron chi connectivity index (χ2n) is 5.38. The van der Waals surface area contributed by atoms with E-state index in [2.05, 4.69) is 5.32 Å². The third-order valence-corrected chi connectivity index (χ3v) is 3.45. The third kappa shape index (κ3) is 4.60. The molecular formula is C18H22N2O2. The molecule has 3 N–H and O–H groups in total. The summed E-state index contributed by atoms with van der Waals surface area (Å²) in [5.74, 6) is 0.565. The van der Waals surface area contributed by atoms with Crippen LogP contribution < -0.4 is 15.8 Å². The molecule has 22 heavy (non-hydrogen) atoms. The van der Waals surface area contributed by atoms with Crippen LogP contribution in [0.5, 0.6) is 5.75 Å². The Bertz CT molecular complexity index is 626. The van der Waals surface area contributed by atoms with E-state index in [0.717, 1.165) is 22.4 Å². The van der Waals surface area contributed by atoms with Crippen molar-refractivity contribution >= 4 is 5.91 Å². The molecule has 1 atom stereocenters. The van der Waals surface area contributed by atoms with Gasteiger partial charge >= 0.3 is 0 Å². The number of aryl methyl sites for hydroxylation is 2. The van der Waals surface area contributed by atoms with Gasteiger partial charge in [-0.2, -0.15) is 0 Å². The number of hydrogen-bond acceptors (Lipinski definition) is 3. The van der Waals surface area contributed by atoms with Gasteiger partial charge in [0, 0.05) is 12.6 Å². The molecule has 0 aliphatic carbocycles. The maximum absolute atomic E-state index is 11.9. The Morgan fingerprint density at radius 2 is 1.91 bits per heavy atom. The summed E-state index contributed by atoms with van der Waals surface area (Å²) in [6.45, 7) is 4.33. The van der Waals surface area contributed by atoms with E-state index >= 15 is 0 Å². The highest BCUT2D eigenvalue weighted by molar-refractivity contribution is 5.77. The lowest BCUT2D eigenvalue weighted by Crippen LogP contribution is -2.35. The van der Waals surface area contributed by atoms with Crippen LogP contribution in [0.3, 0.4) is 0 Å². The van der Waals surface area contributed by atoms with Crippen LogP contribution in [-0.4, -0.2) is 19.1 Å². The van der Waals surface area contributed by atoms with E-state index < -0.39 is 0 Å². The molecule has 0 aromatic heterocycles. The standard InChI is InChI=1S/C18H22N2O2/c1-13-8-9-14(2)17(10-13)22-12-18(21)20-11-16(19)15-6-4-3-5-7-15/h3-10,16H,11-12,19H2,1-2H3,(H,20,21). The summed E-state index contributed by atoms with van der Waals surface area (Å²) in [7, 11) is 0. The molecule has 1 amide bonds. The van der Waals surface area contributed by atoms with E-state index in [9.17, 15) is 4.79 Å². The van der Waals surface area contributed by atoms with Crippen LogP contribution in [0.1, 0.15) is 22.7 Å². The van der Waals surface area contributed by atoms with Gasteiger partial charge in [-0.25, -0.2) is 0 Å². The molecule has 2 rings (SSSR count). The second-order valence-corrected chi connectivity index (χ2v) is 5.38. The fourth-order valence-corrected chi connectivity index (χ4v) is 2.10. The Morgan fingerprint density at radius 3 is 2.64 bits per heavy atom. The van der Waals surface area contributed by atoms with Gasteiger partial charge in [0.2, 0.25) is 0 Å². The minimum absolute atomic E-state index is 0.00813. The van der Waals surface area contributed by atoms with Crippen LogP contribution in [0.15, 0.2) is 48.5 Å². The van der Waals surface area contributed by atoms with Crippen molar-refractivity contribution in [3.8, 4) is 5.75 Å². The SMILES string of the molecule is Cc1ccc(C)c(OCC(=O)NCC(N)c2ccccc2)c1. The summed E-state index contributed by atoms with van der Waals surface area (Å²) < 4.78 is 5.56. The van der Waals surface area contributed by atoms with E-state index in [1.165, 1.54) is 0 Å². The fraction of sp³-hybridized carbons (Fsp3) is 0.278. The van der Waals surface area contributed by atoms with E-state index in [4.69, 9.17) is 10.5 Å². The zero-order chi connectivity index (χ0) is 15.9. The highest BCUT2D eigenvalue weighted by atomic mass is 16.5. The van der Waals surface area contributed by atoms with Crippen molar-refractivity contribution in [3.05, 3.63) is 65.2 Å². The number of carbonyl (C=O) groups is 1. The number of rotatable bonds is 6. The average Bonchev–Trinajstić information content (AvgIpc) is 2.54. The van der Waals surface area contributed by atoms with Gasteiger partial charge < -0.3 is 15.8 Å². The lowest BCUT2D eigenvalue weighted by molar-refractivity contribution is -0.123. The number of nitrogens with two attached hydrogens (primary N) is 1. The van der Waals surface area contributed by atoms with Crippen molar-refractivity contribution < 1.29 is 9.53 Å². The number of ether oxygens (including phenoxy) is 1. The normalized spacial score (nSPS) is 11.8. The minimum atomic E-state index is -0.217. The maximum atomic E-state index is 11.9. The highest BCUT2D eigenvalue weighted by Gasteiger charge is 2.09. The molecule has 0 heterocycles. The van der Waals surface area contributed by atoms with E-state index in [1.54, 1.807) is 0 Å². The Morgan fingerprint density at radius 1 is 1.18 bits per heavy atom. The lowest BCUT2D eigenvalue weighted by Gasteiger charge is -2.14. The fourth-order valence-electron chi connectivity index (χ4n) is 2.10. The zero-order valence-electron chi connectivity index (χ0n) is 13.0. The molecule has 4 heteroatoms. The number of nitrogens with one attached hydrogen (secondary N) is 1. The van der Waals surface area contributed by atoms with E-state index in [0.29, 0.717) is 6.54 Å². The van der Waals surface area contributed by atoms with Gasteiger partial charge in [-0.1, -0.05) is 42.5 Å². The quantitative estimate of drug-likeness (QED) is 0.861. The predicted octanol–water partition coefficient (Wildman–Crippen LogP) is 2.50. The molecule has 116 valence electrons. The topological polar surface area (TPSA) is 64.3 Å². The molecule has 0 saturated carbocycles. The van der Waals surface area contributed by atoms with E-state index in [1.807, 2.05) is 62.4 Å². The predicted molar refractivity (Wildman–Crippen MR) is 87.8 cm³/mol. The van der Waals surface area contributed by atoms with Crippen LogP contribution >= 0.6 is 0 Å². The molecule has 0 aliphatic rings. The number of carbonyl (C=O) groups excluding carboxylic acids is 1. The summed E-state index contributed by atoms with van der Waals surface area (Å²) in [5.41, 5.74) is 9.15. The molecule has 4 nitrogen and oxygen atoms in total. The first-order chi connectivity index (χ1) is 10.6. The van der Waals surface area contributed by atoms with Crippen LogP contribution in [-0.2, 0) is 4.79 Å². The summed E-state index contributed by atoms with van der Waals surface area (Å²) in [4.78, 5) is 11.9. The van der Waals surface area contributed by atoms with Crippen molar-refractivity contribution in [3.63, 3.8) is 0 Å². The molecule has 0 bridgehead atoms. The van der Waals surface area contributed by atoms with Crippen molar-refractivity contribution in [2.75, 3.05) is 13.2 Å². The van der Waals surface area contributed by atoms with Gasteiger partial charge in [0.1, 0.15) is 5.75 Å². The molecule has 0 spiro atoms. The van der Waals surface area contributed by atoms with Crippen LogP contribution in [0.2, 0.25) is 0 Å².